The van der Waals surface area contributed by atoms with Gasteiger partial charge < -0.3 is 4.74 Å². The average Bonchev–Trinajstić information content (AvgIpc) is 2.27. The Morgan fingerprint density at radius 3 is 2.75 bits per heavy atom. The first-order valence-corrected chi connectivity index (χ1v) is 6.88. The highest BCUT2D eigenvalue weighted by Crippen LogP contribution is 2.27. The van der Waals surface area contributed by atoms with E-state index in [2.05, 4.69) is 4.74 Å². The lowest BCUT2D eigenvalue weighted by Gasteiger charge is -2.16. The van der Waals surface area contributed by atoms with Crippen LogP contribution in [0.25, 0.3) is 0 Å². The third kappa shape index (κ3) is 2.65. The molecule has 1 aliphatic rings. The molecular formula is C10H13ClO4S. The summed E-state index contributed by atoms with van der Waals surface area (Å²) >= 11 is 5.85. The van der Waals surface area contributed by atoms with Gasteiger partial charge in [-0.1, -0.05) is 19.1 Å². The SMILES string of the molecule is CCS(=O)(=O)C1=CCC(Cl)C=C1C(=O)OC. The first kappa shape index (κ1) is 13.3. The fraction of sp³-hybridized carbons (Fsp3) is 0.500. The maximum atomic E-state index is 11.7. The van der Waals surface area contributed by atoms with E-state index in [9.17, 15) is 13.2 Å². The minimum Gasteiger partial charge on any atom is -0.465 e. The highest BCUT2D eigenvalue weighted by Gasteiger charge is 2.28. The molecule has 0 heterocycles. The van der Waals surface area contributed by atoms with Gasteiger partial charge >= 0.3 is 5.97 Å². The molecule has 0 radical (unpaired) electrons. The van der Waals surface area contributed by atoms with Gasteiger partial charge in [-0.05, 0) is 6.42 Å². The van der Waals surface area contributed by atoms with Gasteiger partial charge in [-0.2, -0.15) is 0 Å². The Hall–Kier alpha value is -0.810. The number of rotatable bonds is 3. The smallest absolute Gasteiger partial charge is 0.338 e. The molecule has 0 N–H and O–H groups in total. The van der Waals surface area contributed by atoms with Crippen LogP contribution in [0.1, 0.15) is 13.3 Å². The second-order valence-corrected chi connectivity index (χ2v) is 6.10. The number of ether oxygens (including phenoxy) is 1. The third-order valence-electron chi connectivity index (χ3n) is 2.26. The molecule has 0 fully saturated rings. The summed E-state index contributed by atoms with van der Waals surface area (Å²) in [4.78, 5) is 11.5. The monoisotopic (exact) mass is 264 g/mol. The lowest BCUT2D eigenvalue weighted by Crippen LogP contribution is -2.19. The second-order valence-electron chi connectivity index (χ2n) is 3.30. The summed E-state index contributed by atoms with van der Waals surface area (Å²) in [6.45, 7) is 1.53. The van der Waals surface area contributed by atoms with Crippen molar-refractivity contribution in [2.75, 3.05) is 12.9 Å². The molecule has 0 saturated heterocycles. The van der Waals surface area contributed by atoms with E-state index in [1.807, 2.05) is 0 Å². The van der Waals surface area contributed by atoms with Crippen LogP contribution in [0.2, 0.25) is 0 Å². The maximum Gasteiger partial charge on any atom is 0.338 e. The molecule has 1 atom stereocenters. The predicted octanol–water partition coefficient (Wildman–Crippen LogP) is 1.42. The van der Waals surface area contributed by atoms with Crippen molar-refractivity contribution in [2.45, 2.75) is 18.7 Å². The molecule has 0 amide bonds. The molecule has 0 bridgehead atoms. The first-order chi connectivity index (χ1) is 7.42. The summed E-state index contributed by atoms with van der Waals surface area (Å²) in [5.74, 6) is -0.728. The zero-order valence-electron chi connectivity index (χ0n) is 9.07. The summed E-state index contributed by atoms with van der Waals surface area (Å²) in [6, 6.07) is 0. The van der Waals surface area contributed by atoms with Gasteiger partial charge in [0.25, 0.3) is 0 Å². The van der Waals surface area contributed by atoms with Gasteiger partial charge in [0.2, 0.25) is 0 Å². The number of carbonyl (C=O) groups excluding carboxylic acids is 1. The van der Waals surface area contributed by atoms with Crippen LogP contribution in [0, 0.1) is 0 Å². The van der Waals surface area contributed by atoms with Gasteiger partial charge in [0, 0.05) is 0 Å². The number of carbonyl (C=O) groups is 1. The summed E-state index contributed by atoms with van der Waals surface area (Å²) in [5.41, 5.74) is 0.0376. The van der Waals surface area contributed by atoms with E-state index in [4.69, 9.17) is 11.6 Å². The molecule has 4 nitrogen and oxygen atoms in total. The van der Waals surface area contributed by atoms with Gasteiger partial charge in [-0.15, -0.1) is 11.6 Å². The molecule has 0 spiro atoms. The summed E-state index contributed by atoms with van der Waals surface area (Å²) in [5, 5.41) is -0.370. The Kier molecular flexibility index (Phi) is 4.15. The molecule has 0 aromatic carbocycles. The van der Waals surface area contributed by atoms with Crippen molar-refractivity contribution in [1.82, 2.24) is 0 Å². The van der Waals surface area contributed by atoms with Gasteiger partial charge in [0.05, 0.1) is 28.7 Å². The highest BCUT2D eigenvalue weighted by atomic mass is 35.5. The molecule has 0 saturated carbocycles. The predicted molar refractivity (Wildman–Crippen MR) is 61.9 cm³/mol. The van der Waals surface area contributed by atoms with Gasteiger partial charge in [0.1, 0.15) is 0 Å². The van der Waals surface area contributed by atoms with Crippen LogP contribution in [0.5, 0.6) is 0 Å². The number of sulfone groups is 1. The zero-order valence-corrected chi connectivity index (χ0v) is 10.6. The quantitative estimate of drug-likeness (QED) is 0.571. The first-order valence-electron chi connectivity index (χ1n) is 4.80. The number of allylic oxidation sites excluding steroid dienone is 2. The Balaban J connectivity index is 3.19. The fourth-order valence-corrected chi connectivity index (χ4v) is 2.75. The number of hydrogen-bond donors (Lipinski definition) is 0. The molecule has 6 heteroatoms. The van der Waals surface area contributed by atoms with Gasteiger partial charge in [-0.3, -0.25) is 0 Å². The molecule has 1 unspecified atom stereocenters. The molecular weight excluding hydrogens is 252 g/mol. The number of esters is 1. The van der Waals surface area contributed by atoms with Crippen LogP contribution in [0.4, 0.5) is 0 Å². The van der Waals surface area contributed by atoms with Crippen molar-refractivity contribution in [2.24, 2.45) is 0 Å². The van der Waals surface area contributed by atoms with E-state index < -0.39 is 15.8 Å². The molecule has 0 aromatic rings. The number of alkyl halides is 1. The third-order valence-corrected chi connectivity index (χ3v) is 4.38. The molecule has 90 valence electrons. The Morgan fingerprint density at radius 1 is 1.62 bits per heavy atom. The summed E-state index contributed by atoms with van der Waals surface area (Å²) in [7, 11) is -2.21. The lowest BCUT2D eigenvalue weighted by molar-refractivity contribution is -0.135. The van der Waals surface area contributed by atoms with E-state index in [1.54, 1.807) is 0 Å². The van der Waals surface area contributed by atoms with Gasteiger partial charge in [-0.25, -0.2) is 13.2 Å². The lowest BCUT2D eigenvalue weighted by atomic mass is 10.1. The average molecular weight is 265 g/mol. The Labute approximate surface area is 99.8 Å². The van der Waals surface area contributed by atoms with Crippen molar-refractivity contribution >= 4 is 27.4 Å². The van der Waals surface area contributed by atoms with E-state index >= 15 is 0 Å². The van der Waals surface area contributed by atoms with Crippen LogP contribution < -0.4 is 0 Å². The van der Waals surface area contributed by atoms with Crippen molar-refractivity contribution in [3.63, 3.8) is 0 Å². The van der Waals surface area contributed by atoms with Crippen molar-refractivity contribution in [1.29, 1.82) is 0 Å². The fourth-order valence-electron chi connectivity index (χ4n) is 1.39. The van der Waals surface area contributed by atoms with Crippen LogP contribution in [-0.4, -0.2) is 32.6 Å². The topological polar surface area (TPSA) is 60.4 Å². The summed E-state index contributed by atoms with van der Waals surface area (Å²) < 4.78 is 28.0. The Bertz CT molecular complexity index is 447. The van der Waals surface area contributed by atoms with Crippen molar-refractivity contribution < 1.29 is 17.9 Å². The number of halogens is 1. The molecule has 1 rings (SSSR count). The summed E-state index contributed by atoms with van der Waals surface area (Å²) in [6.07, 6.45) is 3.30. The normalized spacial score (nSPS) is 21.1. The van der Waals surface area contributed by atoms with Crippen LogP contribution in [0.15, 0.2) is 22.6 Å². The van der Waals surface area contributed by atoms with E-state index in [0.717, 1.165) is 0 Å². The van der Waals surface area contributed by atoms with E-state index in [0.29, 0.717) is 6.42 Å². The second kappa shape index (κ2) is 5.01. The molecule has 0 aliphatic heterocycles. The largest absolute Gasteiger partial charge is 0.465 e. The number of hydrogen-bond acceptors (Lipinski definition) is 4. The zero-order chi connectivity index (χ0) is 12.3. The highest BCUT2D eigenvalue weighted by molar-refractivity contribution is 7.95. The molecule has 16 heavy (non-hydrogen) atoms. The van der Waals surface area contributed by atoms with Crippen LogP contribution >= 0.6 is 11.6 Å². The Morgan fingerprint density at radius 2 is 2.25 bits per heavy atom. The van der Waals surface area contributed by atoms with Crippen LogP contribution in [-0.2, 0) is 19.4 Å². The van der Waals surface area contributed by atoms with Crippen molar-refractivity contribution in [3.05, 3.63) is 22.6 Å². The van der Waals surface area contributed by atoms with Crippen molar-refractivity contribution in [3.8, 4) is 0 Å². The maximum absolute atomic E-state index is 11.7. The minimum atomic E-state index is -3.42. The minimum absolute atomic E-state index is 0.0266. The standard InChI is InChI=1S/C10H13ClO4S/c1-3-16(13,14)9-5-4-7(11)6-8(9)10(12)15-2/h5-7H,3-4H2,1-2H3. The molecule has 0 aromatic heterocycles. The van der Waals surface area contributed by atoms with Crippen LogP contribution in [0.3, 0.4) is 0 Å². The van der Waals surface area contributed by atoms with Gasteiger partial charge in [0.15, 0.2) is 9.84 Å². The molecule has 1 aliphatic carbocycles. The van der Waals surface area contributed by atoms with E-state index in [1.165, 1.54) is 26.2 Å². The number of methoxy groups -OCH3 is 1. The van der Waals surface area contributed by atoms with E-state index in [-0.39, 0.29) is 21.6 Å².